The van der Waals surface area contributed by atoms with Crippen molar-refractivity contribution in [3.8, 4) is 17.2 Å². The van der Waals surface area contributed by atoms with E-state index in [2.05, 4.69) is 4.99 Å². The molecule has 0 bridgehead atoms. The van der Waals surface area contributed by atoms with E-state index in [1.54, 1.807) is 38.5 Å². The molecular weight excluding hydrogens is 544 g/mol. The van der Waals surface area contributed by atoms with Crippen molar-refractivity contribution in [2.24, 2.45) is 4.99 Å². The van der Waals surface area contributed by atoms with E-state index in [4.69, 9.17) is 14.2 Å². The highest BCUT2D eigenvalue weighted by Gasteiger charge is 2.32. The van der Waals surface area contributed by atoms with E-state index in [9.17, 15) is 9.59 Å². The van der Waals surface area contributed by atoms with Gasteiger partial charge in [0.05, 0.1) is 32.8 Å². The minimum absolute atomic E-state index is 0. The van der Waals surface area contributed by atoms with Crippen molar-refractivity contribution in [3.63, 3.8) is 0 Å². The molecule has 0 aliphatic carbocycles. The molecule has 1 heterocycles. The highest BCUT2D eigenvalue weighted by molar-refractivity contribution is 8.14. The Bertz CT molecular complexity index is 1290. The lowest BCUT2D eigenvalue weighted by molar-refractivity contribution is -0.113. The van der Waals surface area contributed by atoms with Gasteiger partial charge in [-0.1, -0.05) is 42.1 Å². The summed E-state index contributed by atoms with van der Waals surface area (Å²) >= 11 is 1.21. The molecule has 4 rings (SSSR count). The Morgan fingerprint density at radius 2 is 1.61 bits per heavy atom. The Labute approximate surface area is 224 Å². The van der Waals surface area contributed by atoms with Crippen LogP contribution in [0.15, 0.2) is 83.5 Å². The SMILES string of the molecule is COc1ccc(/C=C2/N=C(SCC(=O)c3ccc(OC)c(OC)c3)N(c3ccccc3)C2=O)cc1.[Br-]. The number of Topliss-reactive ketones (excluding diaryl/α,β-unsaturated/α-hetero) is 1. The van der Waals surface area contributed by atoms with Crippen molar-refractivity contribution in [1.29, 1.82) is 0 Å². The minimum atomic E-state index is -0.256. The number of amidine groups is 1. The first kappa shape index (κ1) is 27.0. The van der Waals surface area contributed by atoms with Crippen LogP contribution in [-0.2, 0) is 4.79 Å². The van der Waals surface area contributed by atoms with Gasteiger partial charge in [0.2, 0.25) is 0 Å². The molecule has 0 atom stereocenters. The predicted molar refractivity (Wildman–Crippen MR) is 139 cm³/mol. The van der Waals surface area contributed by atoms with Gasteiger partial charge in [0.25, 0.3) is 5.91 Å². The van der Waals surface area contributed by atoms with Crippen LogP contribution in [0, 0.1) is 0 Å². The number of hydrogen-bond acceptors (Lipinski definition) is 7. The van der Waals surface area contributed by atoms with Gasteiger partial charge in [0, 0.05) is 5.56 Å². The third-order valence-electron chi connectivity index (χ3n) is 5.30. The average molecular weight is 568 g/mol. The third kappa shape index (κ3) is 5.98. The number of thioether (sulfide) groups is 1. The molecule has 0 saturated heterocycles. The van der Waals surface area contributed by atoms with Gasteiger partial charge in [-0.15, -0.1) is 0 Å². The number of methoxy groups -OCH3 is 3. The average Bonchev–Trinajstić information content (AvgIpc) is 3.22. The number of halogens is 1. The molecule has 36 heavy (non-hydrogen) atoms. The Balaban J connectivity index is 0.00000361. The molecule has 0 unspecified atom stereocenters. The number of para-hydroxylation sites is 1. The quantitative estimate of drug-likeness (QED) is 0.306. The standard InChI is InChI=1S/C27H24N2O5S.BrH/c1-32-21-12-9-18(10-13-21)15-22-26(31)29(20-7-5-4-6-8-20)27(28-22)35-17-23(30)19-11-14-24(33-2)25(16-19)34-3;/h4-16H,17H2,1-3H3;1H/p-1/b22-15+;. The Kier molecular flexibility index (Phi) is 9.32. The summed E-state index contributed by atoms with van der Waals surface area (Å²) in [6.45, 7) is 0. The number of benzene rings is 3. The second-order valence-electron chi connectivity index (χ2n) is 7.45. The molecule has 0 fully saturated rings. The normalized spacial score (nSPS) is 13.8. The Morgan fingerprint density at radius 1 is 0.917 bits per heavy atom. The second-order valence-corrected chi connectivity index (χ2v) is 8.40. The summed E-state index contributed by atoms with van der Waals surface area (Å²) in [4.78, 5) is 32.3. The lowest BCUT2D eigenvalue weighted by Gasteiger charge is -2.17. The van der Waals surface area contributed by atoms with Crippen molar-refractivity contribution < 1.29 is 40.8 Å². The van der Waals surface area contributed by atoms with Gasteiger partial charge in [-0.3, -0.25) is 14.5 Å². The van der Waals surface area contributed by atoms with Crippen LogP contribution in [0.25, 0.3) is 6.08 Å². The van der Waals surface area contributed by atoms with E-state index in [0.717, 1.165) is 11.3 Å². The van der Waals surface area contributed by atoms with Gasteiger partial charge >= 0.3 is 0 Å². The van der Waals surface area contributed by atoms with E-state index in [1.807, 2.05) is 54.6 Å². The molecule has 0 spiro atoms. The lowest BCUT2D eigenvalue weighted by Crippen LogP contribution is -3.00. The predicted octanol–water partition coefficient (Wildman–Crippen LogP) is 2.08. The molecule has 1 aliphatic rings. The molecular formula is C27H24BrN2O5S-. The molecule has 7 nitrogen and oxygen atoms in total. The van der Waals surface area contributed by atoms with E-state index in [0.29, 0.717) is 33.6 Å². The molecule has 186 valence electrons. The van der Waals surface area contributed by atoms with Crippen LogP contribution in [-0.4, -0.2) is 43.9 Å². The zero-order chi connectivity index (χ0) is 24.8. The maximum Gasteiger partial charge on any atom is 0.283 e. The zero-order valence-electron chi connectivity index (χ0n) is 19.9. The van der Waals surface area contributed by atoms with Crippen molar-refractivity contribution in [2.75, 3.05) is 32.0 Å². The summed E-state index contributed by atoms with van der Waals surface area (Å²) in [5.74, 6) is 1.48. The largest absolute Gasteiger partial charge is 1.00 e. The van der Waals surface area contributed by atoms with Crippen LogP contribution in [0.3, 0.4) is 0 Å². The molecule has 9 heteroatoms. The first-order valence-electron chi connectivity index (χ1n) is 10.8. The minimum Gasteiger partial charge on any atom is -1.00 e. The maximum atomic E-state index is 13.3. The smallest absolute Gasteiger partial charge is 0.283 e. The fraction of sp³-hybridized carbons (Fsp3) is 0.148. The number of ketones is 1. The Morgan fingerprint density at radius 3 is 2.25 bits per heavy atom. The number of ether oxygens (including phenoxy) is 3. The van der Waals surface area contributed by atoms with Crippen LogP contribution in [0.4, 0.5) is 5.69 Å². The third-order valence-corrected chi connectivity index (χ3v) is 6.24. The summed E-state index contributed by atoms with van der Waals surface area (Å²) < 4.78 is 15.7. The van der Waals surface area contributed by atoms with E-state index in [-0.39, 0.29) is 34.4 Å². The van der Waals surface area contributed by atoms with Crippen LogP contribution in [0.5, 0.6) is 17.2 Å². The van der Waals surface area contributed by atoms with Gasteiger partial charge in [-0.25, -0.2) is 4.99 Å². The summed E-state index contributed by atoms with van der Waals surface area (Å²) in [5.41, 5.74) is 2.28. The first-order chi connectivity index (χ1) is 17.0. The summed E-state index contributed by atoms with van der Waals surface area (Å²) in [6.07, 6.45) is 1.72. The van der Waals surface area contributed by atoms with Crippen molar-refractivity contribution in [1.82, 2.24) is 0 Å². The topological polar surface area (TPSA) is 77.4 Å². The number of carbonyl (C=O) groups excluding carboxylic acids is 2. The van der Waals surface area contributed by atoms with Gasteiger partial charge in [-0.05, 0) is 54.1 Å². The molecule has 1 amide bonds. The fourth-order valence-electron chi connectivity index (χ4n) is 3.48. The van der Waals surface area contributed by atoms with Crippen LogP contribution >= 0.6 is 11.8 Å². The van der Waals surface area contributed by atoms with Gasteiger partial charge in [0.15, 0.2) is 22.4 Å². The highest BCUT2D eigenvalue weighted by Crippen LogP contribution is 2.31. The van der Waals surface area contributed by atoms with Gasteiger partial charge in [-0.2, -0.15) is 0 Å². The highest BCUT2D eigenvalue weighted by atomic mass is 79.9. The zero-order valence-corrected chi connectivity index (χ0v) is 22.3. The van der Waals surface area contributed by atoms with Gasteiger partial charge in [0.1, 0.15) is 11.4 Å². The van der Waals surface area contributed by atoms with Crippen LogP contribution in [0.1, 0.15) is 15.9 Å². The lowest BCUT2D eigenvalue weighted by atomic mass is 10.1. The van der Waals surface area contributed by atoms with Crippen molar-refractivity contribution >= 4 is 40.4 Å². The summed E-state index contributed by atoms with van der Waals surface area (Å²) in [7, 11) is 4.66. The van der Waals surface area contributed by atoms with Crippen LogP contribution in [0.2, 0.25) is 0 Å². The number of hydrogen-bond donors (Lipinski definition) is 0. The molecule has 0 radical (unpaired) electrons. The van der Waals surface area contributed by atoms with Crippen molar-refractivity contribution in [3.05, 3.63) is 89.6 Å². The fourth-order valence-corrected chi connectivity index (χ4v) is 4.39. The number of anilines is 1. The van der Waals surface area contributed by atoms with E-state index in [1.165, 1.54) is 23.8 Å². The first-order valence-corrected chi connectivity index (χ1v) is 11.7. The van der Waals surface area contributed by atoms with Gasteiger partial charge < -0.3 is 31.2 Å². The maximum absolute atomic E-state index is 13.3. The molecule has 3 aromatic carbocycles. The molecule has 0 aromatic heterocycles. The number of rotatable bonds is 8. The second kappa shape index (κ2) is 12.4. The summed E-state index contributed by atoms with van der Waals surface area (Å²) in [6, 6.07) is 21.6. The van der Waals surface area contributed by atoms with Crippen LogP contribution < -0.4 is 36.1 Å². The monoisotopic (exact) mass is 567 g/mol. The summed E-state index contributed by atoms with van der Waals surface area (Å²) in [5, 5.41) is 0.440. The molecule has 1 aliphatic heterocycles. The Hall–Kier alpha value is -3.56. The number of nitrogens with zero attached hydrogens (tertiary/aromatic N) is 2. The number of aliphatic imine (C=N–C) groups is 1. The van der Waals surface area contributed by atoms with Crippen molar-refractivity contribution in [2.45, 2.75) is 0 Å². The molecule has 0 saturated carbocycles. The van der Waals surface area contributed by atoms with E-state index >= 15 is 0 Å². The number of carbonyl (C=O) groups is 2. The molecule has 0 N–H and O–H groups in total. The molecule has 3 aromatic rings. The number of amides is 1. The van der Waals surface area contributed by atoms with E-state index < -0.39 is 0 Å².